The molecule has 0 spiro atoms. The molecule has 1 aromatic heterocycles. The first-order valence-electron chi connectivity index (χ1n) is 13.1. The van der Waals surface area contributed by atoms with Gasteiger partial charge in [0, 0.05) is 40.5 Å². The number of nitrogens with one attached hydrogen (secondary N) is 2. The van der Waals surface area contributed by atoms with Crippen LogP contribution in [-0.4, -0.2) is 33.4 Å². The van der Waals surface area contributed by atoms with Crippen LogP contribution in [0.25, 0.3) is 11.0 Å². The number of carbonyl (C=O) groups excluding carboxylic acids is 2. The van der Waals surface area contributed by atoms with Gasteiger partial charge in [0.15, 0.2) is 0 Å². The Morgan fingerprint density at radius 1 is 1.09 bits per heavy atom. The van der Waals surface area contributed by atoms with E-state index in [1.165, 1.54) is 23.7 Å². The average molecular weight is 642 g/mol. The fourth-order valence-corrected chi connectivity index (χ4v) is 5.50. The Morgan fingerprint density at radius 2 is 1.80 bits per heavy atom. The topological polar surface area (TPSA) is 80.4 Å². The van der Waals surface area contributed by atoms with Crippen molar-refractivity contribution in [3.8, 4) is 0 Å². The molecule has 3 aromatic carbocycles. The molecule has 0 saturated heterocycles. The van der Waals surface area contributed by atoms with Gasteiger partial charge in [0.2, 0.25) is 5.62 Å². The molecule has 0 radical (unpaired) electrons. The molecule has 232 valence electrons. The lowest BCUT2D eigenvalue weighted by Crippen LogP contribution is -2.28. The van der Waals surface area contributed by atoms with Gasteiger partial charge in [-0.2, -0.15) is 13.2 Å². The molecule has 0 aliphatic carbocycles. The van der Waals surface area contributed by atoms with Gasteiger partial charge >= 0.3 is 6.18 Å². The fourth-order valence-electron chi connectivity index (χ4n) is 5.27. The largest absolute Gasteiger partial charge is 0.416 e. The van der Waals surface area contributed by atoms with Gasteiger partial charge in [-0.05, 0) is 56.3 Å². The predicted molar refractivity (Wildman–Crippen MR) is 148 cm³/mol. The van der Waals surface area contributed by atoms with Crippen molar-refractivity contribution in [3.05, 3.63) is 92.6 Å². The van der Waals surface area contributed by atoms with Gasteiger partial charge in [-0.3, -0.25) is 9.59 Å². The molecular weight excluding hydrogens is 619 g/mol. The van der Waals surface area contributed by atoms with E-state index in [9.17, 15) is 40.3 Å². The second-order valence-corrected chi connectivity index (χ2v) is 10.8. The van der Waals surface area contributed by atoms with Crippen LogP contribution in [0, 0.1) is 11.6 Å². The maximum Gasteiger partial charge on any atom is 0.416 e. The van der Waals surface area contributed by atoms with Crippen LogP contribution in [0.2, 0.25) is 5.02 Å². The van der Waals surface area contributed by atoms with Crippen LogP contribution >= 0.6 is 11.6 Å². The van der Waals surface area contributed by atoms with E-state index in [-0.39, 0.29) is 56.2 Å². The zero-order chi connectivity index (χ0) is 32.2. The summed E-state index contributed by atoms with van der Waals surface area (Å²) in [6, 6.07) is 4.37. The van der Waals surface area contributed by atoms with E-state index < -0.39 is 59.8 Å². The zero-order valence-corrected chi connectivity index (χ0v) is 23.9. The van der Waals surface area contributed by atoms with Crippen LogP contribution in [0.15, 0.2) is 47.5 Å². The molecule has 44 heavy (non-hydrogen) atoms. The van der Waals surface area contributed by atoms with Gasteiger partial charge in [-0.25, -0.2) is 22.6 Å². The lowest BCUT2D eigenvalue weighted by molar-refractivity contribution is -0.137. The molecule has 1 aliphatic heterocycles. The summed E-state index contributed by atoms with van der Waals surface area (Å²) in [4.78, 5) is 31.3. The second-order valence-electron chi connectivity index (χ2n) is 10.4. The minimum absolute atomic E-state index is 0.0386. The number of anilines is 1. The number of aryl methyl sites for hydroxylation is 1. The molecular formula is C29H23ClF7N5O2. The molecule has 4 aromatic rings. The number of carbonyl (C=O) groups is 2. The first kappa shape index (κ1) is 31.1. The molecule has 5 rings (SSSR count). The zero-order valence-electron chi connectivity index (χ0n) is 23.2. The molecule has 1 atom stereocenters. The number of hydrogen-bond acceptors (Lipinski definition) is 3. The quantitative estimate of drug-likeness (QED) is 0.233. The number of imidazole rings is 1. The first-order chi connectivity index (χ1) is 20.6. The third-order valence-electron chi connectivity index (χ3n) is 6.98. The average Bonchev–Trinajstić information content (AvgIpc) is 3.38. The number of alkyl halides is 5. The highest BCUT2D eigenvalue weighted by Crippen LogP contribution is 2.43. The molecule has 2 heterocycles. The number of halogens is 8. The smallest absolute Gasteiger partial charge is 0.341 e. The fraction of sp³-hybridized carbons (Fsp3) is 0.276. The minimum Gasteiger partial charge on any atom is -0.341 e. The molecule has 1 unspecified atom stereocenters. The third kappa shape index (κ3) is 5.65. The molecule has 15 heteroatoms. The Labute approximate surface area is 249 Å². The van der Waals surface area contributed by atoms with Gasteiger partial charge < -0.3 is 19.8 Å². The molecule has 2 amide bonds. The molecule has 0 bridgehead atoms. The summed E-state index contributed by atoms with van der Waals surface area (Å²) in [5.74, 6) is -3.95. The van der Waals surface area contributed by atoms with E-state index in [4.69, 9.17) is 11.6 Å². The Bertz CT molecular complexity index is 1900. The lowest BCUT2D eigenvalue weighted by Gasteiger charge is -2.19. The standard InChI is InChI=1S/C29H23ClF7N5O2/c1-12(2)38-28-41(3)25-20(42(28)11-21(33)34)10-19(39-26(43)13-6-14(29(35,36)37)8-16(32)7-13)22-23(25)27(44)40-24(22)17-9-15(31)4-5-18(17)30/h4-10,12,21,24H,11H2,1-3H3,(H,39,43)(H,40,44). The van der Waals surface area contributed by atoms with Crippen LogP contribution in [-0.2, 0) is 19.8 Å². The Kier molecular flexibility index (Phi) is 7.99. The van der Waals surface area contributed by atoms with E-state index in [0.29, 0.717) is 12.1 Å². The van der Waals surface area contributed by atoms with Gasteiger partial charge in [0.25, 0.3) is 18.2 Å². The number of rotatable bonds is 6. The summed E-state index contributed by atoms with van der Waals surface area (Å²) in [5, 5.41) is 5.13. The number of nitrogens with zero attached hydrogens (tertiary/aromatic N) is 3. The summed E-state index contributed by atoms with van der Waals surface area (Å²) in [6.07, 6.45) is -7.83. The van der Waals surface area contributed by atoms with Gasteiger partial charge in [0.05, 0.1) is 34.7 Å². The number of amides is 2. The van der Waals surface area contributed by atoms with Gasteiger partial charge in [0.1, 0.15) is 11.6 Å². The molecule has 1 aliphatic rings. The molecule has 2 N–H and O–H groups in total. The molecule has 0 saturated carbocycles. The van der Waals surface area contributed by atoms with Crippen molar-refractivity contribution in [1.29, 1.82) is 0 Å². The molecule has 7 nitrogen and oxygen atoms in total. The maximum atomic E-state index is 14.3. The van der Waals surface area contributed by atoms with Gasteiger partial charge in [-0.15, -0.1) is 0 Å². The van der Waals surface area contributed by atoms with Crippen LogP contribution < -0.4 is 16.3 Å². The maximum absolute atomic E-state index is 14.3. The van der Waals surface area contributed by atoms with E-state index in [0.717, 1.165) is 16.7 Å². The SMILES string of the molecule is CC(C)N=c1n(C)c2c3c(c(NC(=O)c4cc(F)cc(C(F)(F)F)c4)cc2n1CC(F)F)C(c1cc(F)ccc1Cl)NC3=O. The number of fused-ring (bicyclic) bond motifs is 3. The highest BCUT2D eigenvalue weighted by molar-refractivity contribution is 6.31. The third-order valence-corrected chi connectivity index (χ3v) is 7.32. The second kappa shape index (κ2) is 11.3. The van der Waals surface area contributed by atoms with E-state index in [1.807, 2.05) is 0 Å². The Balaban J connectivity index is 1.82. The number of hydrogen-bond donors (Lipinski definition) is 2. The van der Waals surface area contributed by atoms with E-state index >= 15 is 0 Å². The van der Waals surface area contributed by atoms with Crippen LogP contribution in [0.5, 0.6) is 0 Å². The summed E-state index contributed by atoms with van der Waals surface area (Å²) < 4.78 is 98.7. The van der Waals surface area contributed by atoms with Gasteiger partial charge in [-0.1, -0.05) is 11.6 Å². The van der Waals surface area contributed by atoms with Crippen LogP contribution in [0.4, 0.5) is 36.4 Å². The summed E-state index contributed by atoms with van der Waals surface area (Å²) >= 11 is 6.35. The van der Waals surface area contributed by atoms with E-state index in [2.05, 4.69) is 15.6 Å². The highest BCUT2D eigenvalue weighted by atomic mass is 35.5. The van der Waals surface area contributed by atoms with Crippen molar-refractivity contribution in [2.24, 2.45) is 12.0 Å². The molecule has 0 fully saturated rings. The first-order valence-corrected chi connectivity index (χ1v) is 13.5. The predicted octanol–water partition coefficient (Wildman–Crippen LogP) is 6.59. The van der Waals surface area contributed by atoms with Crippen molar-refractivity contribution >= 4 is 40.1 Å². The summed E-state index contributed by atoms with van der Waals surface area (Å²) in [5.41, 5.74) is -2.01. The minimum atomic E-state index is -4.96. The van der Waals surface area contributed by atoms with Crippen molar-refractivity contribution in [3.63, 3.8) is 0 Å². The van der Waals surface area contributed by atoms with Crippen molar-refractivity contribution < 1.29 is 40.3 Å². The van der Waals surface area contributed by atoms with E-state index in [1.54, 1.807) is 13.8 Å². The monoisotopic (exact) mass is 641 g/mol. The summed E-state index contributed by atoms with van der Waals surface area (Å²) in [6.45, 7) is 2.57. The lowest BCUT2D eigenvalue weighted by atomic mass is 9.95. The number of benzene rings is 3. The highest BCUT2D eigenvalue weighted by Gasteiger charge is 2.38. The number of aromatic nitrogens is 2. The normalized spacial score (nSPS) is 15.4. The van der Waals surface area contributed by atoms with Crippen molar-refractivity contribution in [2.45, 2.75) is 45.1 Å². The Hall–Kier alpha value is -4.33. The Morgan fingerprint density at radius 3 is 2.43 bits per heavy atom. The van der Waals surface area contributed by atoms with Crippen LogP contribution in [0.1, 0.15) is 57.3 Å². The van der Waals surface area contributed by atoms with Crippen LogP contribution in [0.3, 0.4) is 0 Å². The van der Waals surface area contributed by atoms with Crippen molar-refractivity contribution in [2.75, 3.05) is 5.32 Å². The summed E-state index contributed by atoms with van der Waals surface area (Å²) in [7, 11) is 1.51. The van der Waals surface area contributed by atoms with Crippen molar-refractivity contribution in [1.82, 2.24) is 14.5 Å².